The second kappa shape index (κ2) is 5.78. The van der Waals surface area contributed by atoms with Gasteiger partial charge < -0.3 is 0 Å². The molecule has 1 unspecified atom stereocenters. The van der Waals surface area contributed by atoms with E-state index >= 15 is 0 Å². The van der Waals surface area contributed by atoms with E-state index in [9.17, 15) is 0 Å². The lowest BCUT2D eigenvalue weighted by Gasteiger charge is -2.44. The summed E-state index contributed by atoms with van der Waals surface area (Å²) in [6, 6.07) is 0. The van der Waals surface area contributed by atoms with Crippen LogP contribution in [0, 0.1) is 10.8 Å². The highest BCUT2D eigenvalue weighted by Crippen LogP contribution is 2.48. The molecule has 0 aliphatic rings. The van der Waals surface area contributed by atoms with E-state index in [2.05, 4.69) is 41.5 Å². The summed E-state index contributed by atoms with van der Waals surface area (Å²) in [5.74, 6) is 0. The highest BCUT2D eigenvalue weighted by molar-refractivity contribution is 4.88. The Kier molecular flexibility index (Phi) is 5.78. The van der Waals surface area contributed by atoms with E-state index < -0.39 is 0 Å². The summed E-state index contributed by atoms with van der Waals surface area (Å²) < 4.78 is 0. The van der Waals surface area contributed by atoms with Crippen LogP contribution in [0.2, 0.25) is 0 Å². The van der Waals surface area contributed by atoms with Crippen molar-refractivity contribution in [2.24, 2.45) is 10.8 Å². The molecule has 0 aliphatic carbocycles. The molecule has 0 saturated carbocycles. The topological polar surface area (TPSA) is 0 Å². The molecular formula is C14H30. The average Bonchev–Trinajstić information content (AvgIpc) is 2.14. The van der Waals surface area contributed by atoms with Crippen molar-refractivity contribution in [2.45, 2.75) is 80.1 Å². The molecule has 0 amide bonds. The third-order valence-electron chi connectivity index (χ3n) is 4.37. The van der Waals surface area contributed by atoms with Crippen LogP contribution >= 0.6 is 0 Å². The van der Waals surface area contributed by atoms with Gasteiger partial charge in [-0.1, -0.05) is 67.2 Å². The molecule has 0 rings (SSSR count). The maximum Gasteiger partial charge on any atom is -0.0277 e. The lowest BCUT2D eigenvalue weighted by atomic mass is 9.61. The van der Waals surface area contributed by atoms with E-state index in [1.165, 1.54) is 38.5 Å². The monoisotopic (exact) mass is 198 g/mol. The van der Waals surface area contributed by atoms with Crippen LogP contribution in [0.1, 0.15) is 80.1 Å². The van der Waals surface area contributed by atoms with Gasteiger partial charge in [0.25, 0.3) is 0 Å². The minimum Gasteiger partial charge on any atom is -0.0654 e. The van der Waals surface area contributed by atoms with E-state index in [0.717, 1.165) is 0 Å². The zero-order valence-corrected chi connectivity index (χ0v) is 11.2. The summed E-state index contributed by atoms with van der Waals surface area (Å²) in [6.07, 6.45) is 8.10. The van der Waals surface area contributed by atoms with Crippen molar-refractivity contribution < 1.29 is 0 Å². The highest BCUT2D eigenvalue weighted by Gasteiger charge is 2.37. The minimum atomic E-state index is 0.508. The summed E-state index contributed by atoms with van der Waals surface area (Å²) >= 11 is 0. The van der Waals surface area contributed by atoms with Gasteiger partial charge in [-0.3, -0.25) is 0 Å². The van der Waals surface area contributed by atoms with Crippen molar-refractivity contribution in [2.75, 3.05) is 0 Å². The third kappa shape index (κ3) is 3.29. The highest BCUT2D eigenvalue weighted by atomic mass is 14.4. The van der Waals surface area contributed by atoms with Gasteiger partial charge in [0.1, 0.15) is 0 Å². The van der Waals surface area contributed by atoms with E-state index in [0.29, 0.717) is 10.8 Å². The van der Waals surface area contributed by atoms with Crippen LogP contribution in [0.5, 0.6) is 0 Å². The Balaban J connectivity index is 4.45. The first-order chi connectivity index (χ1) is 6.43. The lowest BCUT2D eigenvalue weighted by molar-refractivity contribution is 0.0598. The van der Waals surface area contributed by atoms with Crippen molar-refractivity contribution >= 4 is 0 Å². The van der Waals surface area contributed by atoms with E-state index in [4.69, 9.17) is 0 Å². The fourth-order valence-corrected chi connectivity index (χ4v) is 2.47. The standard InChI is InChI=1S/C14H30/c1-7-10-12-13(4,5)14(6,9-3)11-8-2/h7-12H2,1-6H3. The van der Waals surface area contributed by atoms with Crippen LogP contribution in [0.25, 0.3) is 0 Å². The van der Waals surface area contributed by atoms with Crippen molar-refractivity contribution in [3.05, 3.63) is 0 Å². The molecule has 0 nitrogen and oxygen atoms in total. The summed E-state index contributed by atoms with van der Waals surface area (Å²) in [5.41, 5.74) is 1.05. The minimum absolute atomic E-state index is 0.508. The summed E-state index contributed by atoms with van der Waals surface area (Å²) in [4.78, 5) is 0. The molecule has 0 bridgehead atoms. The number of hydrogen-bond donors (Lipinski definition) is 0. The van der Waals surface area contributed by atoms with Gasteiger partial charge in [0.05, 0.1) is 0 Å². The Morgan fingerprint density at radius 2 is 1.36 bits per heavy atom. The van der Waals surface area contributed by atoms with Crippen molar-refractivity contribution in [1.29, 1.82) is 0 Å². The Morgan fingerprint density at radius 1 is 0.786 bits per heavy atom. The smallest absolute Gasteiger partial charge is 0.0277 e. The van der Waals surface area contributed by atoms with Gasteiger partial charge in [0.2, 0.25) is 0 Å². The molecule has 0 heterocycles. The number of rotatable bonds is 7. The maximum absolute atomic E-state index is 2.48. The van der Waals surface area contributed by atoms with Crippen molar-refractivity contribution in [1.82, 2.24) is 0 Å². The van der Waals surface area contributed by atoms with Crippen LogP contribution in [0.4, 0.5) is 0 Å². The zero-order valence-electron chi connectivity index (χ0n) is 11.2. The number of unbranched alkanes of at least 4 members (excludes halogenated alkanes) is 1. The molecule has 0 aliphatic heterocycles. The van der Waals surface area contributed by atoms with Crippen LogP contribution in [-0.2, 0) is 0 Å². The molecule has 0 aromatic heterocycles. The Morgan fingerprint density at radius 3 is 1.71 bits per heavy atom. The molecule has 0 spiro atoms. The molecule has 0 N–H and O–H groups in total. The molecular weight excluding hydrogens is 168 g/mol. The molecule has 0 heteroatoms. The normalized spacial score (nSPS) is 16.7. The van der Waals surface area contributed by atoms with Crippen molar-refractivity contribution in [3.63, 3.8) is 0 Å². The van der Waals surface area contributed by atoms with Gasteiger partial charge in [0.15, 0.2) is 0 Å². The van der Waals surface area contributed by atoms with Gasteiger partial charge in [-0.25, -0.2) is 0 Å². The second-order valence-corrected chi connectivity index (χ2v) is 5.65. The average molecular weight is 198 g/mol. The number of hydrogen-bond acceptors (Lipinski definition) is 0. The van der Waals surface area contributed by atoms with Gasteiger partial charge >= 0.3 is 0 Å². The van der Waals surface area contributed by atoms with Crippen LogP contribution in [0.15, 0.2) is 0 Å². The maximum atomic E-state index is 2.48. The zero-order chi connectivity index (χ0) is 11.2. The molecule has 0 radical (unpaired) electrons. The van der Waals surface area contributed by atoms with Crippen LogP contribution in [-0.4, -0.2) is 0 Å². The van der Waals surface area contributed by atoms with Gasteiger partial charge in [-0.15, -0.1) is 0 Å². The molecule has 1 atom stereocenters. The molecule has 0 fully saturated rings. The largest absolute Gasteiger partial charge is 0.0654 e. The second-order valence-electron chi connectivity index (χ2n) is 5.65. The quantitative estimate of drug-likeness (QED) is 0.512. The fraction of sp³-hybridized carbons (Fsp3) is 1.00. The first-order valence-electron chi connectivity index (χ1n) is 6.43. The SMILES string of the molecule is CCCCC(C)(C)C(C)(CC)CCC. The predicted octanol–water partition coefficient (Wildman–Crippen LogP) is 5.42. The van der Waals surface area contributed by atoms with E-state index in [1.807, 2.05) is 0 Å². The van der Waals surface area contributed by atoms with E-state index in [1.54, 1.807) is 0 Å². The molecule has 86 valence electrons. The molecule has 14 heavy (non-hydrogen) atoms. The van der Waals surface area contributed by atoms with Gasteiger partial charge in [0, 0.05) is 0 Å². The Labute approximate surface area is 91.5 Å². The Hall–Kier alpha value is 0. The lowest BCUT2D eigenvalue weighted by Crippen LogP contribution is -2.34. The van der Waals surface area contributed by atoms with Crippen LogP contribution in [0.3, 0.4) is 0 Å². The Bertz CT molecular complexity index is 146. The third-order valence-corrected chi connectivity index (χ3v) is 4.37. The van der Waals surface area contributed by atoms with Gasteiger partial charge in [-0.05, 0) is 23.7 Å². The molecule has 0 saturated heterocycles. The first-order valence-corrected chi connectivity index (χ1v) is 6.43. The molecule has 0 aromatic rings. The first kappa shape index (κ1) is 14.0. The summed E-state index contributed by atoms with van der Waals surface area (Å²) in [7, 11) is 0. The van der Waals surface area contributed by atoms with Crippen LogP contribution < -0.4 is 0 Å². The predicted molar refractivity (Wildman–Crippen MR) is 66.6 cm³/mol. The summed E-state index contributed by atoms with van der Waals surface area (Å²) in [6.45, 7) is 14.3. The van der Waals surface area contributed by atoms with Crippen molar-refractivity contribution in [3.8, 4) is 0 Å². The fourth-order valence-electron chi connectivity index (χ4n) is 2.47. The van der Waals surface area contributed by atoms with E-state index in [-0.39, 0.29) is 0 Å². The molecule has 0 aromatic carbocycles. The van der Waals surface area contributed by atoms with Gasteiger partial charge in [-0.2, -0.15) is 0 Å². The summed E-state index contributed by atoms with van der Waals surface area (Å²) in [5, 5.41) is 0.